The highest BCUT2D eigenvalue weighted by Gasteiger charge is 2.29. The number of nitrogens with one attached hydrogen (secondary N) is 1. The van der Waals surface area contributed by atoms with Crippen molar-refractivity contribution in [3.8, 4) is 0 Å². The number of benzene rings is 1. The molecule has 15 heavy (non-hydrogen) atoms. The van der Waals surface area contributed by atoms with Crippen molar-refractivity contribution in [1.29, 1.82) is 0 Å². The predicted molar refractivity (Wildman–Crippen MR) is 50.9 cm³/mol. The maximum atomic E-state index is 13.1. The topological polar surface area (TPSA) is 29.1 Å². The van der Waals surface area contributed by atoms with Gasteiger partial charge >= 0.3 is 0 Å². The van der Waals surface area contributed by atoms with Crippen LogP contribution in [-0.4, -0.2) is 5.91 Å². The first kappa shape index (κ1) is 10.1. The summed E-state index contributed by atoms with van der Waals surface area (Å²) in [5, 5.41) is 2.52. The average Bonchev–Trinajstić information content (AvgIpc) is 2.99. The molecule has 0 heterocycles. The zero-order chi connectivity index (χ0) is 10.8. The van der Waals surface area contributed by atoms with Crippen LogP contribution in [0, 0.1) is 17.6 Å². The Morgan fingerprint density at radius 1 is 1.33 bits per heavy atom. The van der Waals surface area contributed by atoms with Gasteiger partial charge in [0.15, 0.2) is 0 Å². The number of amides is 1. The van der Waals surface area contributed by atoms with E-state index in [0.29, 0.717) is 0 Å². The van der Waals surface area contributed by atoms with Gasteiger partial charge < -0.3 is 5.32 Å². The van der Waals surface area contributed by atoms with Crippen LogP contribution >= 0.6 is 0 Å². The van der Waals surface area contributed by atoms with Crippen molar-refractivity contribution >= 4 is 5.91 Å². The van der Waals surface area contributed by atoms with Crippen molar-refractivity contribution in [2.45, 2.75) is 19.4 Å². The lowest BCUT2D eigenvalue weighted by molar-refractivity contribution is -0.122. The molecule has 0 saturated heterocycles. The molecule has 80 valence electrons. The van der Waals surface area contributed by atoms with Crippen molar-refractivity contribution in [3.63, 3.8) is 0 Å². The average molecular weight is 211 g/mol. The number of carbonyl (C=O) groups is 1. The SMILES string of the molecule is O=C(NCc1c(F)cccc1F)C1CC1. The minimum absolute atomic E-state index is 0.0554. The van der Waals surface area contributed by atoms with Gasteiger partial charge in [0, 0.05) is 18.0 Å². The van der Waals surface area contributed by atoms with E-state index in [1.807, 2.05) is 0 Å². The van der Waals surface area contributed by atoms with Gasteiger partial charge in [-0.3, -0.25) is 4.79 Å². The lowest BCUT2D eigenvalue weighted by Crippen LogP contribution is -2.25. The van der Waals surface area contributed by atoms with E-state index < -0.39 is 11.6 Å². The summed E-state index contributed by atoms with van der Waals surface area (Å²) in [6, 6.07) is 3.67. The van der Waals surface area contributed by atoms with Crippen LogP contribution in [0.15, 0.2) is 18.2 Å². The van der Waals surface area contributed by atoms with E-state index in [4.69, 9.17) is 0 Å². The number of hydrogen-bond donors (Lipinski definition) is 1. The summed E-state index contributed by atoms with van der Waals surface area (Å²) in [5.41, 5.74) is -0.0773. The zero-order valence-corrected chi connectivity index (χ0v) is 8.09. The Bertz CT molecular complexity index is 368. The molecule has 1 saturated carbocycles. The first-order chi connectivity index (χ1) is 7.18. The number of halogens is 2. The van der Waals surface area contributed by atoms with Crippen LogP contribution in [0.25, 0.3) is 0 Å². The summed E-state index contributed by atoms with van der Waals surface area (Å²) in [7, 11) is 0. The van der Waals surface area contributed by atoms with Crippen molar-refractivity contribution in [2.24, 2.45) is 5.92 Å². The van der Waals surface area contributed by atoms with Gasteiger partial charge in [0.05, 0.1) is 0 Å². The molecule has 0 atom stereocenters. The molecule has 1 fully saturated rings. The van der Waals surface area contributed by atoms with E-state index in [1.165, 1.54) is 18.2 Å². The molecule has 1 aliphatic rings. The summed E-state index contributed by atoms with van der Waals surface area (Å²) in [6.07, 6.45) is 1.76. The van der Waals surface area contributed by atoms with Gasteiger partial charge in [-0.2, -0.15) is 0 Å². The highest BCUT2D eigenvalue weighted by Crippen LogP contribution is 2.28. The highest BCUT2D eigenvalue weighted by atomic mass is 19.1. The fourth-order valence-corrected chi connectivity index (χ4v) is 1.37. The van der Waals surface area contributed by atoms with Gasteiger partial charge in [-0.05, 0) is 25.0 Å². The fourth-order valence-electron chi connectivity index (χ4n) is 1.37. The molecule has 0 radical (unpaired) electrons. The van der Waals surface area contributed by atoms with Crippen molar-refractivity contribution in [3.05, 3.63) is 35.4 Å². The normalized spacial score (nSPS) is 15.1. The van der Waals surface area contributed by atoms with E-state index in [1.54, 1.807) is 0 Å². The summed E-state index contributed by atoms with van der Waals surface area (Å²) in [5.74, 6) is -1.30. The van der Waals surface area contributed by atoms with Crippen LogP contribution in [0.2, 0.25) is 0 Å². The van der Waals surface area contributed by atoms with Crippen molar-refractivity contribution in [2.75, 3.05) is 0 Å². The molecule has 0 aromatic heterocycles. The smallest absolute Gasteiger partial charge is 0.223 e. The van der Waals surface area contributed by atoms with E-state index in [0.717, 1.165) is 12.8 Å². The van der Waals surface area contributed by atoms with Crippen LogP contribution in [0.1, 0.15) is 18.4 Å². The fraction of sp³-hybridized carbons (Fsp3) is 0.364. The number of carbonyl (C=O) groups excluding carboxylic acids is 1. The number of rotatable bonds is 3. The quantitative estimate of drug-likeness (QED) is 0.813. The molecule has 0 unspecified atom stereocenters. The Balaban J connectivity index is 2.00. The summed E-state index contributed by atoms with van der Waals surface area (Å²) >= 11 is 0. The molecule has 0 bridgehead atoms. The molecule has 2 rings (SSSR count). The molecular weight excluding hydrogens is 200 g/mol. The van der Waals surface area contributed by atoms with Crippen LogP contribution < -0.4 is 5.32 Å². The molecule has 2 nitrogen and oxygen atoms in total. The molecule has 1 aliphatic carbocycles. The van der Waals surface area contributed by atoms with Gasteiger partial charge in [-0.15, -0.1) is 0 Å². The minimum atomic E-state index is -0.619. The van der Waals surface area contributed by atoms with Crippen molar-refractivity contribution < 1.29 is 13.6 Å². The van der Waals surface area contributed by atoms with E-state index in [9.17, 15) is 13.6 Å². The second-order valence-electron chi connectivity index (χ2n) is 3.69. The summed E-state index contributed by atoms with van der Waals surface area (Å²) in [4.78, 5) is 11.2. The van der Waals surface area contributed by atoms with E-state index >= 15 is 0 Å². The Morgan fingerprint density at radius 2 is 1.93 bits per heavy atom. The number of hydrogen-bond acceptors (Lipinski definition) is 1. The third-order valence-electron chi connectivity index (χ3n) is 2.45. The molecule has 1 N–H and O–H groups in total. The third-order valence-corrected chi connectivity index (χ3v) is 2.45. The first-order valence-electron chi connectivity index (χ1n) is 4.89. The molecule has 0 spiro atoms. The van der Waals surface area contributed by atoms with Crippen molar-refractivity contribution in [1.82, 2.24) is 5.32 Å². The highest BCUT2D eigenvalue weighted by molar-refractivity contribution is 5.80. The monoisotopic (exact) mass is 211 g/mol. The van der Waals surface area contributed by atoms with Crippen LogP contribution in [0.5, 0.6) is 0 Å². The maximum absolute atomic E-state index is 13.1. The van der Waals surface area contributed by atoms with Crippen LogP contribution in [-0.2, 0) is 11.3 Å². The Morgan fingerprint density at radius 3 is 2.47 bits per heavy atom. The summed E-state index contributed by atoms with van der Waals surface area (Å²) in [6.45, 7) is -0.0756. The van der Waals surface area contributed by atoms with Gasteiger partial charge in [-0.1, -0.05) is 6.07 Å². The second kappa shape index (κ2) is 3.96. The standard InChI is InChI=1S/C11H11F2NO/c12-9-2-1-3-10(13)8(9)6-14-11(15)7-4-5-7/h1-3,7H,4-6H2,(H,14,15). The second-order valence-corrected chi connectivity index (χ2v) is 3.69. The van der Waals surface area contributed by atoms with E-state index in [-0.39, 0.29) is 23.9 Å². The molecule has 1 aromatic carbocycles. The lowest BCUT2D eigenvalue weighted by Gasteiger charge is -2.06. The molecular formula is C11H11F2NO. The minimum Gasteiger partial charge on any atom is -0.352 e. The predicted octanol–water partition coefficient (Wildman–Crippen LogP) is 1.99. The Kier molecular flexibility index (Phi) is 2.66. The van der Waals surface area contributed by atoms with Gasteiger partial charge in [0.25, 0.3) is 0 Å². The van der Waals surface area contributed by atoms with Crippen LogP contribution in [0.4, 0.5) is 8.78 Å². The largest absolute Gasteiger partial charge is 0.352 e. The summed E-state index contributed by atoms with van der Waals surface area (Å²) < 4.78 is 26.3. The van der Waals surface area contributed by atoms with Gasteiger partial charge in [-0.25, -0.2) is 8.78 Å². The van der Waals surface area contributed by atoms with E-state index in [2.05, 4.69) is 5.32 Å². The van der Waals surface area contributed by atoms with Gasteiger partial charge in [0.2, 0.25) is 5.91 Å². The van der Waals surface area contributed by atoms with Gasteiger partial charge in [0.1, 0.15) is 11.6 Å². The molecule has 1 aromatic rings. The maximum Gasteiger partial charge on any atom is 0.223 e. The van der Waals surface area contributed by atoms with Crippen LogP contribution in [0.3, 0.4) is 0 Å². The zero-order valence-electron chi connectivity index (χ0n) is 8.09. The first-order valence-corrected chi connectivity index (χ1v) is 4.89. The lowest BCUT2D eigenvalue weighted by atomic mass is 10.2. The molecule has 0 aliphatic heterocycles. The molecule has 4 heteroatoms. The Labute approximate surface area is 86.3 Å². The third kappa shape index (κ3) is 2.32. The molecule has 1 amide bonds. The Hall–Kier alpha value is -1.45.